The molecule has 0 spiro atoms. The van der Waals surface area contributed by atoms with Crippen molar-refractivity contribution in [2.24, 2.45) is 22.9 Å². The third-order valence-corrected chi connectivity index (χ3v) is 5.95. The van der Waals surface area contributed by atoms with Gasteiger partial charge in [-0.15, -0.1) is 0 Å². The fourth-order valence-electron chi connectivity index (χ4n) is 4.92. The monoisotopic (exact) mass is 333 g/mol. The molecular formula is C20H19N3O2. The third-order valence-electron chi connectivity index (χ3n) is 5.95. The topological polar surface area (TPSA) is 63.6 Å². The number of carbonyl (C=O) groups excluding carboxylic acids is 1. The van der Waals surface area contributed by atoms with Crippen LogP contribution in [-0.4, -0.2) is 22.2 Å². The lowest BCUT2D eigenvalue weighted by atomic mass is 9.72. The molecule has 3 aliphatic rings. The number of oxime groups is 1. The van der Waals surface area contributed by atoms with E-state index in [-0.39, 0.29) is 17.7 Å². The van der Waals surface area contributed by atoms with E-state index in [1.54, 1.807) is 12.4 Å². The molecule has 0 unspecified atom stereocenters. The Bertz CT molecular complexity index is 837. The predicted molar refractivity (Wildman–Crippen MR) is 94.0 cm³/mol. The molecule has 2 bridgehead atoms. The predicted octanol–water partition coefficient (Wildman–Crippen LogP) is 3.24. The second-order valence-electron chi connectivity index (χ2n) is 7.17. The van der Waals surface area contributed by atoms with Gasteiger partial charge in [0, 0.05) is 29.6 Å². The lowest BCUT2D eigenvalue weighted by Crippen LogP contribution is -2.53. The first-order valence-electron chi connectivity index (χ1n) is 8.82. The summed E-state index contributed by atoms with van der Waals surface area (Å²) in [7, 11) is 0. The van der Waals surface area contributed by atoms with Crippen LogP contribution in [0.25, 0.3) is 0 Å². The lowest BCUT2D eigenvalue weighted by molar-refractivity contribution is -0.149. The molecule has 2 aliphatic carbocycles. The normalized spacial score (nSPS) is 32.0. The number of carbonyl (C=O) groups is 1. The van der Waals surface area contributed by atoms with E-state index in [4.69, 9.17) is 4.84 Å². The summed E-state index contributed by atoms with van der Waals surface area (Å²) in [6.45, 7) is 0. The molecule has 2 aromatic rings. The Morgan fingerprint density at radius 2 is 2.04 bits per heavy atom. The highest BCUT2D eigenvalue weighted by Crippen LogP contribution is 2.60. The summed E-state index contributed by atoms with van der Waals surface area (Å²) in [5.41, 5.74) is 1.75. The van der Waals surface area contributed by atoms with Crippen molar-refractivity contribution < 1.29 is 9.63 Å². The molecule has 1 aliphatic heterocycles. The fraction of sp³-hybridized carbons (Fsp3) is 0.350. The fourth-order valence-corrected chi connectivity index (χ4v) is 4.92. The number of para-hydroxylation sites is 1. The third kappa shape index (κ3) is 2.05. The second kappa shape index (κ2) is 5.41. The zero-order chi connectivity index (χ0) is 16.9. The summed E-state index contributed by atoms with van der Waals surface area (Å²) in [4.78, 5) is 23.4. The van der Waals surface area contributed by atoms with Crippen molar-refractivity contribution in [3.05, 3.63) is 60.4 Å². The van der Waals surface area contributed by atoms with Gasteiger partial charge in [0.1, 0.15) is 0 Å². The van der Waals surface area contributed by atoms with Crippen LogP contribution in [0, 0.1) is 17.8 Å². The van der Waals surface area contributed by atoms with E-state index in [9.17, 15) is 4.79 Å². The molecule has 2 fully saturated rings. The van der Waals surface area contributed by atoms with E-state index in [0.29, 0.717) is 5.92 Å². The number of aromatic nitrogens is 1. The van der Waals surface area contributed by atoms with Crippen LogP contribution < -0.4 is 5.32 Å². The van der Waals surface area contributed by atoms with E-state index >= 15 is 0 Å². The molecule has 2 saturated carbocycles. The number of fused-ring (bicyclic) bond motifs is 5. The van der Waals surface area contributed by atoms with Crippen molar-refractivity contribution in [2.45, 2.75) is 24.9 Å². The van der Waals surface area contributed by atoms with Crippen LogP contribution in [0.15, 0.2) is 60.0 Å². The molecule has 0 saturated heterocycles. The van der Waals surface area contributed by atoms with E-state index in [0.717, 1.165) is 36.2 Å². The van der Waals surface area contributed by atoms with Gasteiger partial charge in [0.25, 0.3) is 5.91 Å². The average molecular weight is 333 g/mol. The van der Waals surface area contributed by atoms with Gasteiger partial charge in [-0.25, -0.2) is 0 Å². The maximum Gasteiger partial charge on any atom is 0.272 e. The summed E-state index contributed by atoms with van der Waals surface area (Å²) < 4.78 is 0. The molecule has 5 rings (SSSR count). The van der Waals surface area contributed by atoms with Gasteiger partial charge in [-0.3, -0.25) is 9.78 Å². The quantitative estimate of drug-likeness (QED) is 0.938. The molecule has 1 amide bonds. The number of benzene rings is 1. The van der Waals surface area contributed by atoms with Crippen molar-refractivity contribution in [3.8, 4) is 0 Å². The number of rotatable bonds is 3. The molecule has 1 aromatic carbocycles. The molecular weight excluding hydrogens is 314 g/mol. The Kier molecular flexibility index (Phi) is 3.17. The van der Waals surface area contributed by atoms with E-state index in [1.165, 1.54) is 0 Å². The van der Waals surface area contributed by atoms with E-state index in [2.05, 4.69) is 15.5 Å². The number of pyridine rings is 1. The first-order chi connectivity index (χ1) is 12.3. The minimum atomic E-state index is -0.871. The van der Waals surface area contributed by atoms with Gasteiger partial charge in [0.2, 0.25) is 5.60 Å². The zero-order valence-corrected chi connectivity index (χ0v) is 13.8. The second-order valence-corrected chi connectivity index (χ2v) is 7.17. The molecule has 4 atom stereocenters. The SMILES string of the molecule is O=C(Nc1ccccc1)[C@]12ON=C(c3cccnc3)[C@H]1[C@@H]1CC[C@H]2C1. The van der Waals surface area contributed by atoms with E-state index in [1.807, 2.05) is 42.5 Å². The van der Waals surface area contributed by atoms with Crippen LogP contribution in [0.5, 0.6) is 0 Å². The molecule has 2 heterocycles. The van der Waals surface area contributed by atoms with Gasteiger partial charge in [-0.05, 0) is 49.4 Å². The first kappa shape index (κ1) is 14.6. The molecule has 1 aromatic heterocycles. The summed E-state index contributed by atoms with van der Waals surface area (Å²) in [5.74, 6) is 0.620. The highest BCUT2D eigenvalue weighted by molar-refractivity contribution is 6.10. The minimum absolute atomic E-state index is 0.0131. The first-order valence-corrected chi connectivity index (χ1v) is 8.82. The van der Waals surface area contributed by atoms with Crippen molar-refractivity contribution in [1.29, 1.82) is 0 Å². The van der Waals surface area contributed by atoms with Crippen LogP contribution in [0.2, 0.25) is 0 Å². The Labute approximate surface area is 146 Å². The summed E-state index contributed by atoms with van der Waals surface area (Å²) in [5, 5.41) is 7.43. The van der Waals surface area contributed by atoms with Gasteiger partial charge in [-0.1, -0.05) is 23.4 Å². The summed E-state index contributed by atoms with van der Waals surface area (Å²) in [6.07, 6.45) is 6.75. The van der Waals surface area contributed by atoms with Gasteiger partial charge < -0.3 is 10.2 Å². The van der Waals surface area contributed by atoms with Crippen LogP contribution in [-0.2, 0) is 9.63 Å². The van der Waals surface area contributed by atoms with Crippen LogP contribution in [0.3, 0.4) is 0 Å². The standard InChI is InChI=1S/C20H19N3O2/c24-19(22-16-6-2-1-3-7-16)20-15-9-8-13(11-15)17(20)18(23-25-20)14-5-4-10-21-12-14/h1-7,10,12-13,15,17H,8-9,11H2,(H,22,24)/t13-,15+,17-,20-/m1/s1. The molecule has 126 valence electrons. The Morgan fingerprint density at radius 3 is 2.84 bits per heavy atom. The van der Waals surface area contributed by atoms with Crippen molar-refractivity contribution in [3.63, 3.8) is 0 Å². The van der Waals surface area contributed by atoms with Gasteiger partial charge >= 0.3 is 0 Å². The summed E-state index contributed by atoms with van der Waals surface area (Å²) in [6, 6.07) is 13.5. The highest BCUT2D eigenvalue weighted by Gasteiger charge is 2.69. The van der Waals surface area contributed by atoms with Gasteiger partial charge in [0.05, 0.1) is 11.6 Å². The maximum absolute atomic E-state index is 13.3. The van der Waals surface area contributed by atoms with E-state index < -0.39 is 5.60 Å². The largest absolute Gasteiger partial charge is 0.378 e. The Morgan fingerprint density at radius 1 is 1.16 bits per heavy atom. The number of nitrogens with one attached hydrogen (secondary N) is 1. The van der Waals surface area contributed by atoms with Gasteiger partial charge in [0.15, 0.2) is 0 Å². The Hall–Kier alpha value is -2.69. The van der Waals surface area contributed by atoms with Crippen LogP contribution in [0.1, 0.15) is 24.8 Å². The maximum atomic E-state index is 13.3. The van der Waals surface area contributed by atoms with Crippen LogP contribution in [0.4, 0.5) is 5.69 Å². The van der Waals surface area contributed by atoms with Gasteiger partial charge in [-0.2, -0.15) is 0 Å². The number of anilines is 1. The number of hydrogen-bond acceptors (Lipinski definition) is 4. The molecule has 0 radical (unpaired) electrons. The minimum Gasteiger partial charge on any atom is -0.378 e. The molecule has 5 nitrogen and oxygen atoms in total. The number of amides is 1. The molecule has 25 heavy (non-hydrogen) atoms. The average Bonchev–Trinajstić information content (AvgIpc) is 3.35. The van der Waals surface area contributed by atoms with Crippen molar-refractivity contribution in [1.82, 2.24) is 4.98 Å². The van der Waals surface area contributed by atoms with Crippen LogP contribution >= 0.6 is 0 Å². The zero-order valence-electron chi connectivity index (χ0n) is 13.8. The summed E-state index contributed by atoms with van der Waals surface area (Å²) >= 11 is 0. The number of nitrogens with zero attached hydrogens (tertiary/aromatic N) is 2. The number of hydrogen-bond donors (Lipinski definition) is 1. The smallest absolute Gasteiger partial charge is 0.272 e. The molecule has 5 heteroatoms. The molecule has 1 N–H and O–H groups in total. The Balaban J connectivity index is 1.51. The van der Waals surface area contributed by atoms with Crippen molar-refractivity contribution >= 4 is 17.3 Å². The lowest BCUT2D eigenvalue weighted by Gasteiger charge is -2.35. The van der Waals surface area contributed by atoms with Crippen molar-refractivity contribution in [2.75, 3.05) is 5.32 Å². The highest BCUT2D eigenvalue weighted by atomic mass is 16.7.